The Hall–Kier alpha value is -0.650. The molecule has 0 aliphatic rings. The summed E-state index contributed by atoms with van der Waals surface area (Å²) < 4.78 is 40.1. The average Bonchev–Trinajstić information content (AvgIpc) is 2.14. The van der Waals surface area contributed by atoms with Gasteiger partial charge in [0.1, 0.15) is 0 Å². The van der Waals surface area contributed by atoms with Crippen molar-refractivity contribution in [3.63, 3.8) is 0 Å². The molecule has 0 unspecified atom stereocenters. The number of nitro groups is 1. The van der Waals surface area contributed by atoms with E-state index in [-0.39, 0.29) is 14.5 Å². The third kappa shape index (κ3) is 3.94. The van der Waals surface area contributed by atoms with Gasteiger partial charge in [-0.2, -0.15) is 0 Å². The summed E-state index contributed by atoms with van der Waals surface area (Å²) in [6, 6.07) is 1.07. The first-order chi connectivity index (χ1) is 7.74. The van der Waals surface area contributed by atoms with Gasteiger partial charge < -0.3 is 14.9 Å². The summed E-state index contributed by atoms with van der Waals surface area (Å²) in [7, 11) is 0. The van der Waals surface area contributed by atoms with Crippen molar-refractivity contribution in [3.8, 4) is 5.88 Å². The normalized spacial score (nSPS) is 11.4. The Bertz CT molecular complexity index is 455. The van der Waals surface area contributed by atoms with Gasteiger partial charge in [0.25, 0.3) is 0 Å². The van der Waals surface area contributed by atoms with E-state index in [0.717, 1.165) is 6.07 Å². The lowest BCUT2D eigenvalue weighted by molar-refractivity contribution is -0.390. The van der Waals surface area contributed by atoms with Crippen LogP contribution in [-0.4, -0.2) is 16.3 Å². The Morgan fingerprint density at radius 2 is 2.18 bits per heavy atom. The number of aromatic nitrogens is 1. The minimum absolute atomic E-state index is 0.0433. The standard InChI is InChI=1S/C7H3BrF3IN2O3/c8-2-3-4(12)1-5(14(15)16)13-6(3)17-7(9,10)11/h1H,2H2. The molecule has 1 aromatic heterocycles. The molecule has 94 valence electrons. The summed E-state index contributed by atoms with van der Waals surface area (Å²) in [5, 5.41) is 10.5. The Labute approximate surface area is 115 Å². The van der Waals surface area contributed by atoms with E-state index >= 15 is 0 Å². The molecular weight excluding hydrogens is 424 g/mol. The minimum Gasteiger partial charge on any atom is -0.366 e. The topological polar surface area (TPSA) is 65.3 Å². The zero-order valence-corrected chi connectivity index (χ0v) is 11.5. The highest BCUT2D eigenvalue weighted by Gasteiger charge is 2.36. The highest BCUT2D eigenvalue weighted by molar-refractivity contribution is 14.1. The van der Waals surface area contributed by atoms with E-state index in [9.17, 15) is 23.3 Å². The second-order valence-corrected chi connectivity index (χ2v) is 4.41. The molecule has 0 spiro atoms. The molecule has 10 heteroatoms. The van der Waals surface area contributed by atoms with E-state index in [1.54, 1.807) is 22.6 Å². The molecule has 0 aromatic carbocycles. The molecule has 0 radical (unpaired) electrons. The molecule has 0 atom stereocenters. The van der Waals surface area contributed by atoms with Crippen molar-refractivity contribution >= 4 is 44.3 Å². The molecule has 5 nitrogen and oxygen atoms in total. The van der Waals surface area contributed by atoms with Crippen molar-refractivity contribution < 1.29 is 22.8 Å². The van der Waals surface area contributed by atoms with Gasteiger partial charge >= 0.3 is 18.1 Å². The van der Waals surface area contributed by atoms with E-state index in [4.69, 9.17) is 0 Å². The monoisotopic (exact) mass is 426 g/mol. The smallest absolute Gasteiger partial charge is 0.366 e. The molecule has 0 saturated carbocycles. The number of hydrogen-bond donors (Lipinski definition) is 0. The zero-order valence-electron chi connectivity index (χ0n) is 7.79. The van der Waals surface area contributed by atoms with E-state index in [1.165, 1.54) is 0 Å². The average molecular weight is 427 g/mol. The van der Waals surface area contributed by atoms with E-state index < -0.39 is 23.0 Å². The van der Waals surface area contributed by atoms with Gasteiger partial charge in [-0.25, -0.2) is 0 Å². The number of halogens is 5. The van der Waals surface area contributed by atoms with Crippen molar-refractivity contribution in [2.45, 2.75) is 11.7 Å². The van der Waals surface area contributed by atoms with Crippen LogP contribution in [0.4, 0.5) is 19.0 Å². The van der Waals surface area contributed by atoms with Crippen LogP contribution < -0.4 is 4.74 Å². The number of ether oxygens (including phenoxy) is 1. The van der Waals surface area contributed by atoms with Gasteiger partial charge in [-0.15, -0.1) is 13.2 Å². The van der Waals surface area contributed by atoms with Gasteiger partial charge in [0, 0.05) is 13.9 Å². The Morgan fingerprint density at radius 1 is 1.59 bits per heavy atom. The third-order valence-corrected chi connectivity index (χ3v) is 3.07. The van der Waals surface area contributed by atoms with Crippen LogP contribution in [0, 0.1) is 13.7 Å². The highest BCUT2D eigenvalue weighted by Crippen LogP contribution is 2.31. The van der Waals surface area contributed by atoms with Gasteiger partial charge in [0.15, 0.2) is 0 Å². The van der Waals surface area contributed by atoms with E-state index in [2.05, 4.69) is 25.7 Å². The summed E-state index contributed by atoms with van der Waals surface area (Å²) in [6.45, 7) is 0. The molecule has 0 aliphatic carbocycles. The van der Waals surface area contributed by atoms with Gasteiger partial charge in [0.2, 0.25) is 0 Å². The summed E-state index contributed by atoms with van der Waals surface area (Å²) in [5.74, 6) is -1.51. The van der Waals surface area contributed by atoms with Crippen LogP contribution in [0.3, 0.4) is 0 Å². The van der Waals surface area contributed by atoms with Crippen molar-refractivity contribution in [2.24, 2.45) is 0 Å². The fourth-order valence-electron chi connectivity index (χ4n) is 0.915. The van der Waals surface area contributed by atoms with Crippen molar-refractivity contribution in [1.82, 2.24) is 4.98 Å². The highest BCUT2D eigenvalue weighted by atomic mass is 127. The van der Waals surface area contributed by atoms with E-state index in [0.29, 0.717) is 0 Å². The molecule has 0 aliphatic heterocycles. The predicted octanol–water partition coefficient (Wildman–Crippen LogP) is 3.39. The molecule has 0 bridgehead atoms. The number of pyridine rings is 1. The molecule has 0 N–H and O–H groups in total. The van der Waals surface area contributed by atoms with Gasteiger partial charge in [-0.3, -0.25) is 0 Å². The first kappa shape index (κ1) is 14.4. The Kier molecular flexibility index (Phi) is 4.52. The maximum Gasteiger partial charge on any atom is 0.575 e. The molecule has 1 rings (SSSR count). The van der Waals surface area contributed by atoms with Crippen LogP contribution in [-0.2, 0) is 5.33 Å². The first-order valence-electron chi connectivity index (χ1n) is 3.90. The summed E-state index contributed by atoms with van der Waals surface area (Å²) >= 11 is 4.64. The summed E-state index contributed by atoms with van der Waals surface area (Å²) in [5.41, 5.74) is 0.105. The van der Waals surface area contributed by atoms with Gasteiger partial charge in [0.05, 0.1) is 11.6 Å². The van der Waals surface area contributed by atoms with Gasteiger partial charge in [-0.1, -0.05) is 15.9 Å². The zero-order chi connectivity index (χ0) is 13.2. The molecule has 0 amide bonds. The largest absolute Gasteiger partial charge is 0.575 e. The maximum atomic E-state index is 12.1. The van der Waals surface area contributed by atoms with Gasteiger partial charge in [-0.05, 0) is 27.5 Å². The van der Waals surface area contributed by atoms with Crippen LogP contribution in [0.1, 0.15) is 5.56 Å². The lowest BCUT2D eigenvalue weighted by atomic mass is 10.3. The number of nitrogens with zero attached hydrogens (tertiary/aromatic N) is 2. The lowest BCUT2D eigenvalue weighted by Crippen LogP contribution is -2.19. The predicted molar refractivity (Wildman–Crippen MR) is 62.9 cm³/mol. The molecule has 0 fully saturated rings. The van der Waals surface area contributed by atoms with Crippen LogP contribution in [0.15, 0.2) is 6.07 Å². The lowest BCUT2D eigenvalue weighted by Gasteiger charge is -2.08. The van der Waals surface area contributed by atoms with E-state index in [1.807, 2.05) is 0 Å². The van der Waals surface area contributed by atoms with Crippen LogP contribution in [0.5, 0.6) is 5.88 Å². The molecule has 0 saturated heterocycles. The summed E-state index contributed by atoms with van der Waals surface area (Å²) in [4.78, 5) is 12.8. The van der Waals surface area contributed by atoms with Crippen LogP contribution in [0.2, 0.25) is 0 Å². The molecule has 1 aromatic rings. The third-order valence-electron chi connectivity index (χ3n) is 1.55. The Morgan fingerprint density at radius 3 is 2.59 bits per heavy atom. The maximum absolute atomic E-state index is 12.1. The van der Waals surface area contributed by atoms with Crippen molar-refractivity contribution in [1.29, 1.82) is 0 Å². The molecule has 1 heterocycles. The second-order valence-electron chi connectivity index (χ2n) is 2.68. The fourth-order valence-corrected chi connectivity index (χ4v) is 2.68. The number of rotatable bonds is 3. The van der Waals surface area contributed by atoms with Crippen LogP contribution in [0.25, 0.3) is 0 Å². The first-order valence-corrected chi connectivity index (χ1v) is 6.10. The Balaban J connectivity index is 3.29. The fraction of sp³-hybridized carbons (Fsp3) is 0.286. The quantitative estimate of drug-likeness (QED) is 0.321. The molecular formula is C7H3BrF3IN2O3. The molecule has 17 heavy (non-hydrogen) atoms. The van der Waals surface area contributed by atoms with Crippen LogP contribution >= 0.6 is 38.5 Å². The second kappa shape index (κ2) is 5.33. The summed E-state index contributed by atoms with van der Waals surface area (Å²) in [6.07, 6.45) is -4.94. The van der Waals surface area contributed by atoms with Crippen molar-refractivity contribution in [2.75, 3.05) is 0 Å². The number of alkyl halides is 4. The van der Waals surface area contributed by atoms with Crippen molar-refractivity contribution in [3.05, 3.63) is 25.3 Å². The minimum atomic E-state index is -4.94. The SMILES string of the molecule is O=[N+]([O-])c1cc(I)c(CBr)c(OC(F)(F)F)n1. The number of hydrogen-bond acceptors (Lipinski definition) is 4.